The lowest BCUT2D eigenvalue weighted by Gasteiger charge is -1.94. The van der Waals surface area contributed by atoms with Gasteiger partial charge in [-0.15, -0.1) is 0 Å². The molecule has 15 heavy (non-hydrogen) atoms. The maximum atomic E-state index is 5.82. The number of nitrogens with one attached hydrogen (secondary N) is 1. The molecule has 2 aromatic rings. The highest BCUT2D eigenvalue weighted by atomic mass is 15.3. The van der Waals surface area contributed by atoms with E-state index in [1.54, 1.807) is 17.9 Å². The van der Waals surface area contributed by atoms with Crippen LogP contribution in [-0.2, 0) is 13.5 Å². The number of nitrogens with zero attached hydrogens (tertiary/aromatic N) is 4. The van der Waals surface area contributed by atoms with Crippen molar-refractivity contribution in [2.75, 3.05) is 5.73 Å². The number of rotatable bonds is 3. The summed E-state index contributed by atoms with van der Waals surface area (Å²) in [6.45, 7) is 2.10. The van der Waals surface area contributed by atoms with Gasteiger partial charge >= 0.3 is 0 Å². The van der Waals surface area contributed by atoms with E-state index in [0.717, 1.165) is 24.2 Å². The Balaban J connectivity index is 2.33. The van der Waals surface area contributed by atoms with Crippen LogP contribution >= 0.6 is 0 Å². The number of nitrogen functional groups attached to an aromatic ring is 1. The minimum Gasteiger partial charge on any atom is -0.383 e. The molecule has 0 saturated carbocycles. The summed E-state index contributed by atoms with van der Waals surface area (Å²) >= 11 is 0. The van der Waals surface area contributed by atoms with E-state index in [0.29, 0.717) is 11.6 Å². The largest absolute Gasteiger partial charge is 0.383 e. The van der Waals surface area contributed by atoms with E-state index < -0.39 is 0 Å². The summed E-state index contributed by atoms with van der Waals surface area (Å²) in [4.78, 5) is 4.34. The molecule has 2 aromatic heterocycles. The Morgan fingerprint density at radius 3 is 2.93 bits per heavy atom. The molecule has 6 nitrogen and oxygen atoms in total. The van der Waals surface area contributed by atoms with E-state index in [1.807, 2.05) is 0 Å². The Bertz CT molecular complexity index is 455. The molecule has 0 atom stereocenters. The second-order valence-corrected chi connectivity index (χ2v) is 3.42. The van der Waals surface area contributed by atoms with Gasteiger partial charge in [0.05, 0.1) is 11.8 Å². The van der Waals surface area contributed by atoms with E-state index in [4.69, 9.17) is 5.73 Å². The van der Waals surface area contributed by atoms with Crippen molar-refractivity contribution in [2.45, 2.75) is 19.8 Å². The molecule has 0 fully saturated rings. The molecule has 0 unspecified atom stereocenters. The number of anilines is 1. The third-order valence-corrected chi connectivity index (χ3v) is 2.24. The minimum absolute atomic E-state index is 0.581. The lowest BCUT2D eigenvalue weighted by atomic mass is 10.3. The van der Waals surface area contributed by atoms with Gasteiger partial charge in [-0.25, -0.2) is 4.98 Å². The summed E-state index contributed by atoms with van der Waals surface area (Å²) in [5.74, 6) is 2.08. The van der Waals surface area contributed by atoms with Crippen LogP contribution < -0.4 is 5.73 Å². The summed E-state index contributed by atoms with van der Waals surface area (Å²) in [6.07, 6.45) is 3.61. The van der Waals surface area contributed by atoms with Crippen LogP contribution in [-0.4, -0.2) is 25.0 Å². The van der Waals surface area contributed by atoms with Crippen molar-refractivity contribution in [3.8, 4) is 11.4 Å². The fourth-order valence-electron chi connectivity index (χ4n) is 1.38. The molecule has 2 rings (SSSR count). The quantitative estimate of drug-likeness (QED) is 0.775. The van der Waals surface area contributed by atoms with Crippen LogP contribution in [0, 0.1) is 0 Å². The average Bonchev–Trinajstić information content (AvgIpc) is 2.77. The number of aromatic amines is 1. The van der Waals surface area contributed by atoms with Gasteiger partial charge in [0.2, 0.25) is 0 Å². The number of nitrogens with two attached hydrogens (primary N) is 1. The Hall–Kier alpha value is -1.85. The molecule has 0 spiro atoms. The van der Waals surface area contributed by atoms with Crippen LogP contribution in [0.25, 0.3) is 11.4 Å². The van der Waals surface area contributed by atoms with Crippen LogP contribution in [0.15, 0.2) is 6.20 Å². The zero-order chi connectivity index (χ0) is 10.8. The third kappa shape index (κ3) is 1.70. The lowest BCUT2D eigenvalue weighted by molar-refractivity contribution is 0.779. The van der Waals surface area contributed by atoms with Crippen molar-refractivity contribution in [2.24, 2.45) is 7.05 Å². The van der Waals surface area contributed by atoms with E-state index in [-0.39, 0.29) is 0 Å². The highest BCUT2D eigenvalue weighted by molar-refractivity contribution is 5.67. The van der Waals surface area contributed by atoms with E-state index in [1.165, 1.54) is 0 Å². The van der Waals surface area contributed by atoms with E-state index in [2.05, 4.69) is 27.2 Å². The van der Waals surface area contributed by atoms with Crippen molar-refractivity contribution >= 4 is 5.82 Å². The molecule has 0 aliphatic rings. The summed E-state index contributed by atoms with van der Waals surface area (Å²) in [5.41, 5.74) is 6.60. The number of hydrogen-bond donors (Lipinski definition) is 2. The van der Waals surface area contributed by atoms with E-state index >= 15 is 0 Å². The van der Waals surface area contributed by atoms with E-state index in [9.17, 15) is 0 Å². The fourth-order valence-corrected chi connectivity index (χ4v) is 1.38. The Kier molecular flexibility index (Phi) is 2.40. The third-order valence-electron chi connectivity index (χ3n) is 2.24. The molecule has 0 aliphatic carbocycles. The summed E-state index contributed by atoms with van der Waals surface area (Å²) in [6, 6.07) is 0. The topological polar surface area (TPSA) is 85.4 Å². The first-order valence-corrected chi connectivity index (χ1v) is 4.91. The van der Waals surface area contributed by atoms with Gasteiger partial charge in [-0.05, 0) is 6.42 Å². The Labute approximate surface area is 87.5 Å². The highest BCUT2D eigenvalue weighted by Crippen LogP contribution is 2.20. The highest BCUT2D eigenvalue weighted by Gasteiger charge is 2.11. The second kappa shape index (κ2) is 3.72. The number of aromatic nitrogens is 5. The SMILES string of the molecule is CCCc1nc(-c2cnn(C)c2N)n[nH]1. The van der Waals surface area contributed by atoms with Gasteiger partial charge in [-0.1, -0.05) is 6.92 Å². The van der Waals surface area contributed by atoms with Gasteiger partial charge < -0.3 is 5.73 Å². The molecular formula is C9H14N6. The second-order valence-electron chi connectivity index (χ2n) is 3.42. The standard InChI is InChI=1S/C9H14N6/c1-3-4-7-12-9(14-13-7)6-5-11-15(2)8(6)10/h5H,3-4,10H2,1-2H3,(H,12,13,14). The lowest BCUT2D eigenvalue weighted by Crippen LogP contribution is -1.98. The molecule has 0 aromatic carbocycles. The molecule has 3 N–H and O–H groups in total. The molecule has 0 saturated heterocycles. The first kappa shape index (κ1) is 9.70. The molecule has 0 radical (unpaired) electrons. The molecule has 0 aliphatic heterocycles. The van der Waals surface area contributed by atoms with Crippen molar-refractivity contribution in [1.82, 2.24) is 25.0 Å². The molecular weight excluding hydrogens is 192 g/mol. The maximum Gasteiger partial charge on any atom is 0.186 e. The average molecular weight is 206 g/mol. The van der Waals surface area contributed by atoms with Crippen LogP contribution in [0.5, 0.6) is 0 Å². The van der Waals surface area contributed by atoms with Gasteiger partial charge in [0.25, 0.3) is 0 Å². The summed E-state index contributed by atoms with van der Waals surface area (Å²) in [7, 11) is 1.79. The first-order valence-electron chi connectivity index (χ1n) is 4.91. The first-order chi connectivity index (χ1) is 7.22. The normalized spacial score (nSPS) is 10.8. The monoisotopic (exact) mass is 206 g/mol. The van der Waals surface area contributed by atoms with Gasteiger partial charge in [-0.3, -0.25) is 9.78 Å². The van der Waals surface area contributed by atoms with Crippen molar-refractivity contribution in [3.63, 3.8) is 0 Å². The van der Waals surface area contributed by atoms with Crippen molar-refractivity contribution < 1.29 is 0 Å². The maximum absolute atomic E-state index is 5.82. The Morgan fingerprint density at radius 1 is 1.53 bits per heavy atom. The predicted octanol–water partition coefficient (Wildman–Crippen LogP) is 0.740. The molecule has 0 amide bonds. The number of hydrogen-bond acceptors (Lipinski definition) is 4. The Morgan fingerprint density at radius 2 is 2.33 bits per heavy atom. The van der Waals surface area contributed by atoms with Gasteiger partial charge in [0, 0.05) is 13.5 Å². The summed E-state index contributed by atoms with van der Waals surface area (Å²) in [5, 5.41) is 11.0. The molecule has 80 valence electrons. The van der Waals surface area contributed by atoms with Gasteiger partial charge in [-0.2, -0.15) is 10.2 Å². The minimum atomic E-state index is 0.581. The zero-order valence-corrected chi connectivity index (χ0v) is 8.86. The number of H-pyrrole nitrogens is 1. The molecule has 0 bridgehead atoms. The predicted molar refractivity (Wildman–Crippen MR) is 57.0 cm³/mol. The fraction of sp³-hybridized carbons (Fsp3) is 0.444. The van der Waals surface area contributed by atoms with Gasteiger partial charge in [0.15, 0.2) is 5.82 Å². The number of aryl methyl sites for hydroxylation is 2. The van der Waals surface area contributed by atoms with Crippen LogP contribution in [0.2, 0.25) is 0 Å². The van der Waals surface area contributed by atoms with Crippen LogP contribution in [0.4, 0.5) is 5.82 Å². The summed E-state index contributed by atoms with van der Waals surface area (Å²) < 4.78 is 1.60. The smallest absolute Gasteiger partial charge is 0.186 e. The van der Waals surface area contributed by atoms with Gasteiger partial charge in [0.1, 0.15) is 11.6 Å². The van der Waals surface area contributed by atoms with Crippen molar-refractivity contribution in [3.05, 3.63) is 12.0 Å². The van der Waals surface area contributed by atoms with Crippen molar-refractivity contribution in [1.29, 1.82) is 0 Å². The zero-order valence-electron chi connectivity index (χ0n) is 8.86. The molecule has 6 heteroatoms. The van der Waals surface area contributed by atoms with Crippen LogP contribution in [0.1, 0.15) is 19.2 Å². The molecule has 2 heterocycles. The van der Waals surface area contributed by atoms with Crippen LogP contribution in [0.3, 0.4) is 0 Å².